The van der Waals surface area contributed by atoms with Crippen molar-refractivity contribution >= 4 is 23.0 Å². The number of halogens is 1. The Kier molecular flexibility index (Phi) is 4.63. The smallest absolute Gasteiger partial charge is 0.167 e. The molecule has 0 aliphatic heterocycles. The normalized spacial score (nSPS) is 14.4. The summed E-state index contributed by atoms with van der Waals surface area (Å²) in [6.07, 6.45) is 1.60. The second-order valence-corrected chi connectivity index (χ2v) is 6.23. The monoisotopic (exact) mass is 342 g/mol. The largest absolute Gasteiger partial charge is 0.512 e. The summed E-state index contributed by atoms with van der Waals surface area (Å²) in [6, 6.07) is 11.6. The van der Waals surface area contributed by atoms with Crippen LogP contribution in [0.1, 0.15) is 30.9 Å². The van der Waals surface area contributed by atoms with E-state index in [0.29, 0.717) is 29.2 Å². The van der Waals surface area contributed by atoms with Crippen LogP contribution in [0.25, 0.3) is 16.7 Å². The zero-order valence-corrected chi connectivity index (χ0v) is 14.5. The fourth-order valence-corrected chi connectivity index (χ4v) is 3.28. The number of carbonyl (C=O) groups excluding carboxylic acids is 1. The van der Waals surface area contributed by atoms with E-state index in [9.17, 15) is 9.90 Å². The van der Waals surface area contributed by atoms with Crippen LogP contribution in [0, 0.1) is 0 Å². The summed E-state index contributed by atoms with van der Waals surface area (Å²) >= 11 is 6.09. The molecule has 0 saturated carbocycles. The minimum atomic E-state index is 0.00744. The number of rotatable bonds is 4. The van der Waals surface area contributed by atoms with Gasteiger partial charge in [0.05, 0.1) is 17.7 Å². The van der Waals surface area contributed by atoms with Gasteiger partial charge in [0.25, 0.3) is 0 Å². The molecule has 0 heterocycles. The van der Waals surface area contributed by atoms with Gasteiger partial charge in [0, 0.05) is 12.8 Å². The highest BCUT2D eigenvalue weighted by molar-refractivity contribution is 6.32. The zero-order valence-electron chi connectivity index (χ0n) is 13.7. The number of benzene rings is 2. The van der Waals surface area contributed by atoms with Crippen molar-refractivity contribution in [3.8, 4) is 16.9 Å². The Morgan fingerprint density at radius 1 is 1.12 bits per heavy atom. The third kappa shape index (κ3) is 2.92. The Bertz CT molecular complexity index is 837. The molecule has 0 aromatic heterocycles. The number of ketones is 1. The predicted octanol–water partition coefficient (Wildman–Crippen LogP) is 5.21. The molecular weight excluding hydrogens is 324 g/mol. The minimum Gasteiger partial charge on any atom is -0.512 e. The molecule has 1 aliphatic carbocycles. The van der Waals surface area contributed by atoms with Crippen molar-refractivity contribution in [3.05, 3.63) is 58.3 Å². The van der Waals surface area contributed by atoms with Gasteiger partial charge in [0.2, 0.25) is 0 Å². The number of ether oxygens (including phenoxy) is 1. The molecule has 0 saturated heterocycles. The van der Waals surface area contributed by atoms with Crippen LogP contribution in [0.15, 0.2) is 42.2 Å². The maximum absolute atomic E-state index is 12.2. The van der Waals surface area contributed by atoms with Crippen LogP contribution in [0.3, 0.4) is 0 Å². The van der Waals surface area contributed by atoms with E-state index < -0.39 is 0 Å². The second kappa shape index (κ2) is 6.70. The third-order valence-corrected chi connectivity index (χ3v) is 4.71. The number of Topliss-reactive ketones (excluding diaryl/α,β-unsaturated/α-hetero) is 1. The molecule has 24 heavy (non-hydrogen) atoms. The Labute approximate surface area is 146 Å². The average molecular weight is 343 g/mol. The lowest BCUT2D eigenvalue weighted by Crippen LogP contribution is -2.01. The Hall–Kier alpha value is -2.26. The van der Waals surface area contributed by atoms with Crippen molar-refractivity contribution in [1.29, 1.82) is 0 Å². The highest BCUT2D eigenvalue weighted by Crippen LogP contribution is 2.36. The molecule has 0 radical (unpaired) electrons. The van der Waals surface area contributed by atoms with Crippen LogP contribution < -0.4 is 4.74 Å². The first-order chi connectivity index (χ1) is 11.5. The number of hydrogen-bond acceptors (Lipinski definition) is 3. The number of aryl methyl sites for hydroxylation is 1. The van der Waals surface area contributed by atoms with Crippen LogP contribution in [0.4, 0.5) is 0 Å². The quantitative estimate of drug-likeness (QED) is 0.829. The Morgan fingerprint density at radius 2 is 1.83 bits per heavy atom. The summed E-state index contributed by atoms with van der Waals surface area (Å²) in [5.74, 6) is 0.808. The molecule has 1 aliphatic rings. The molecule has 0 spiro atoms. The van der Waals surface area contributed by atoms with E-state index in [1.165, 1.54) is 0 Å². The van der Waals surface area contributed by atoms with Crippen molar-refractivity contribution in [1.82, 2.24) is 0 Å². The fraction of sp³-hybridized carbons (Fsp3) is 0.250. The summed E-state index contributed by atoms with van der Waals surface area (Å²) < 4.78 is 5.28. The number of carbonyl (C=O) groups is 1. The molecule has 0 amide bonds. The summed E-state index contributed by atoms with van der Waals surface area (Å²) in [5.41, 5.74) is 4.25. The first-order valence-electron chi connectivity index (χ1n) is 7.97. The predicted molar refractivity (Wildman–Crippen MR) is 96.6 cm³/mol. The Balaban J connectivity index is 2.14. The van der Waals surface area contributed by atoms with Crippen molar-refractivity contribution < 1.29 is 14.6 Å². The van der Waals surface area contributed by atoms with Gasteiger partial charge >= 0.3 is 0 Å². The van der Waals surface area contributed by atoms with E-state index in [1.54, 1.807) is 13.2 Å². The van der Waals surface area contributed by atoms with Gasteiger partial charge in [-0.25, -0.2) is 0 Å². The highest BCUT2D eigenvalue weighted by Gasteiger charge is 2.26. The Morgan fingerprint density at radius 3 is 2.46 bits per heavy atom. The molecular formula is C20H19ClO3. The van der Waals surface area contributed by atoms with Crippen molar-refractivity contribution in [2.45, 2.75) is 26.2 Å². The fourth-order valence-electron chi connectivity index (χ4n) is 3.08. The molecule has 4 heteroatoms. The van der Waals surface area contributed by atoms with Gasteiger partial charge in [-0.15, -0.1) is 0 Å². The average Bonchev–Trinajstić information content (AvgIpc) is 2.93. The van der Waals surface area contributed by atoms with E-state index in [2.05, 4.69) is 0 Å². The number of aliphatic hydroxyl groups excluding tert-OH is 1. The molecule has 0 atom stereocenters. The van der Waals surface area contributed by atoms with Crippen LogP contribution in [-0.4, -0.2) is 18.0 Å². The lowest BCUT2D eigenvalue weighted by atomic mass is 9.92. The van der Waals surface area contributed by atoms with Gasteiger partial charge in [-0.05, 0) is 46.9 Å². The van der Waals surface area contributed by atoms with E-state index in [4.69, 9.17) is 16.3 Å². The molecule has 3 rings (SSSR count). The van der Waals surface area contributed by atoms with Crippen LogP contribution in [-0.2, 0) is 11.2 Å². The number of hydrogen-bond donors (Lipinski definition) is 1. The van der Waals surface area contributed by atoms with Gasteiger partial charge in [0.15, 0.2) is 5.78 Å². The standard InChI is InChI=1S/C20H19ClO3/c1-3-12-4-5-13(14-6-7-16(21)19(11-14)24-2)10-15(12)20-17(22)8-9-18(20)23/h4-7,10-11,22H,3,8-9H2,1-2H3. The van der Waals surface area contributed by atoms with Gasteiger partial charge in [-0.2, -0.15) is 0 Å². The highest BCUT2D eigenvalue weighted by atomic mass is 35.5. The lowest BCUT2D eigenvalue weighted by molar-refractivity contribution is -0.113. The topological polar surface area (TPSA) is 46.5 Å². The summed E-state index contributed by atoms with van der Waals surface area (Å²) in [7, 11) is 1.58. The maximum atomic E-state index is 12.2. The minimum absolute atomic E-state index is 0.00744. The van der Waals surface area contributed by atoms with Gasteiger partial charge in [-0.1, -0.05) is 36.7 Å². The van der Waals surface area contributed by atoms with Gasteiger partial charge in [-0.3, -0.25) is 4.79 Å². The first kappa shape index (κ1) is 16.6. The maximum Gasteiger partial charge on any atom is 0.167 e. The summed E-state index contributed by atoms with van der Waals surface area (Å²) in [6.45, 7) is 2.04. The summed E-state index contributed by atoms with van der Waals surface area (Å²) in [5, 5.41) is 10.7. The summed E-state index contributed by atoms with van der Waals surface area (Å²) in [4.78, 5) is 12.2. The van der Waals surface area contributed by atoms with Gasteiger partial charge < -0.3 is 9.84 Å². The van der Waals surface area contributed by atoms with E-state index in [1.807, 2.05) is 37.3 Å². The molecule has 1 N–H and O–H groups in total. The van der Waals surface area contributed by atoms with Crippen molar-refractivity contribution in [2.75, 3.05) is 7.11 Å². The van der Waals surface area contributed by atoms with Crippen LogP contribution >= 0.6 is 11.6 Å². The molecule has 0 bridgehead atoms. The van der Waals surface area contributed by atoms with E-state index in [-0.39, 0.29) is 11.5 Å². The first-order valence-corrected chi connectivity index (χ1v) is 8.35. The van der Waals surface area contributed by atoms with Crippen molar-refractivity contribution in [2.24, 2.45) is 0 Å². The molecule has 3 nitrogen and oxygen atoms in total. The van der Waals surface area contributed by atoms with E-state index >= 15 is 0 Å². The number of aliphatic hydroxyl groups is 1. The number of allylic oxidation sites excluding steroid dienone is 2. The van der Waals surface area contributed by atoms with E-state index in [0.717, 1.165) is 28.7 Å². The number of methoxy groups -OCH3 is 1. The molecule has 0 fully saturated rings. The molecule has 124 valence electrons. The molecule has 2 aromatic rings. The third-order valence-electron chi connectivity index (χ3n) is 4.40. The van der Waals surface area contributed by atoms with Crippen LogP contribution in [0.2, 0.25) is 5.02 Å². The van der Waals surface area contributed by atoms with Gasteiger partial charge in [0.1, 0.15) is 11.5 Å². The van der Waals surface area contributed by atoms with Crippen molar-refractivity contribution in [3.63, 3.8) is 0 Å². The molecule has 2 aromatic carbocycles. The lowest BCUT2D eigenvalue weighted by Gasteiger charge is -2.13. The van der Waals surface area contributed by atoms with Crippen LogP contribution in [0.5, 0.6) is 5.75 Å². The SMILES string of the molecule is CCc1ccc(-c2ccc(Cl)c(OC)c2)cc1C1=C(O)CCC1=O. The molecule has 0 unspecified atom stereocenters. The second-order valence-electron chi connectivity index (χ2n) is 5.82. The zero-order chi connectivity index (χ0) is 17.3.